The fourth-order valence-electron chi connectivity index (χ4n) is 3.91. The van der Waals surface area contributed by atoms with Gasteiger partial charge in [0.1, 0.15) is 0 Å². The Morgan fingerprint density at radius 2 is 2.00 bits per heavy atom. The molecule has 0 radical (unpaired) electrons. The van der Waals surface area contributed by atoms with Crippen LogP contribution in [0, 0.1) is 0 Å². The zero-order chi connectivity index (χ0) is 21.4. The number of rotatable bonds is 6. The minimum atomic E-state index is -0.0445. The van der Waals surface area contributed by atoms with E-state index >= 15 is 0 Å². The molecule has 1 aliphatic heterocycles. The molecule has 0 N–H and O–H groups in total. The van der Waals surface area contributed by atoms with Crippen molar-refractivity contribution >= 4 is 5.91 Å². The summed E-state index contributed by atoms with van der Waals surface area (Å²) in [4.78, 5) is 19.4. The van der Waals surface area contributed by atoms with Crippen molar-refractivity contribution in [2.45, 2.75) is 37.6 Å². The van der Waals surface area contributed by atoms with Crippen LogP contribution in [0.5, 0.6) is 11.5 Å². The van der Waals surface area contributed by atoms with Crippen LogP contribution in [-0.2, 0) is 0 Å². The van der Waals surface area contributed by atoms with Gasteiger partial charge in [-0.2, -0.15) is 4.98 Å². The van der Waals surface area contributed by atoms with Crippen LogP contribution in [0.2, 0.25) is 0 Å². The van der Waals surface area contributed by atoms with Gasteiger partial charge in [-0.15, -0.1) is 5.10 Å². The quantitative estimate of drug-likeness (QED) is 0.594. The van der Waals surface area contributed by atoms with Gasteiger partial charge in [-0.25, -0.2) is 4.68 Å². The Morgan fingerprint density at radius 3 is 2.77 bits per heavy atom. The van der Waals surface area contributed by atoms with Crippen molar-refractivity contribution < 1.29 is 18.8 Å². The maximum Gasteiger partial charge on any atom is 0.280 e. The third kappa shape index (κ3) is 3.85. The molecule has 1 saturated carbocycles. The Hall–Kier alpha value is -3.43. The van der Waals surface area contributed by atoms with E-state index in [9.17, 15) is 4.79 Å². The zero-order valence-corrected chi connectivity index (χ0v) is 17.5. The van der Waals surface area contributed by atoms with Gasteiger partial charge in [0.25, 0.3) is 11.8 Å². The molecule has 3 heterocycles. The van der Waals surface area contributed by atoms with Crippen LogP contribution in [0.4, 0.5) is 0 Å². The minimum Gasteiger partial charge on any atom is -0.493 e. The van der Waals surface area contributed by atoms with Crippen molar-refractivity contribution in [2.24, 2.45) is 0 Å². The Morgan fingerprint density at radius 1 is 1.16 bits per heavy atom. The number of methoxy groups -OCH3 is 2. The Labute approximate surface area is 179 Å². The average Bonchev–Trinajstić information content (AvgIpc) is 3.34. The summed E-state index contributed by atoms with van der Waals surface area (Å²) in [5, 5.41) is 12.5. The van der Waals surface area contributed by atoms with Crippen molar-refractivity contribution in [3.05, 3.63) is 35.8 Å². The number of amides is 1. The molecule has 1 aliphatic carbocycles. The molecule has 10 heteroatoms. The second kappa shape index (κ2) is 8.01. The van der Waals surface area contributed by atoms with E-state index in [0.29, 0.717) is 47.7 Å². The number of carbonyl (C=O) groups excluding carboxylic acids is 1. The number of piperidine rings is 1. The number of hydrogen-bond acceptors (Lipinski definition) is 8. The normalized spacial score (nSPS) is 18.8. The number of aromatic nitrogens is 5. The maximum absolute atomic E-state index is 13.1. The van der Waals surface area contributed by atoms with E-state index in [4.69, 9.17) is 14.0 Å². The molecule has 5 rings (SSSR count). The highest BCUT2D eigenvalue weighted by Crippen LogP contribution is 2.38. The molecule has 31 heavy (non-hydrogen) atoms. The number of nitrogens with zero attached hydrogens (tertiary/aromatic N) is 6. The van der Waals surface area contributed by atoms with E-state index in [0.717, 1.165) is 31.5 Å². The smallest absolute Gasteiger partial charge is 0.280 e. The SMILES string of the molecule is COc1ccc(C(=O)N2CCCC(n3cc(-c4nc(C5CC5)no4)nn3)C2)cc1OC. The number of benzene rings is 1. The molecule has 1 aromatic carbocycles. The summed E-state index contributed by atoms with van der Waals surface area (Å²) in [6, 6.07) is 5.25. The van der Waals surface area contributed by atoms with Crippen molar-refractivity contribution in [2.75, 3.05) is 27.3 Å². The summed E-state index contributed by atoms with van der Waals surface area (Å²) in [5.41, 5.74) is 1.12. The van der Waals surface area contributed by atoms with Gasteiger partial charge < -0.3 is 18.9 Å². The van der Waals surface area contributed by atoms with Gasteiger partial charge in [-0.3, -0.25) is 4.79 Å². The van der Waals surface area contributed by atoms with Gasteiger partial charge in [0.05, 0.1) is 26.5 Å². The molecule has 0 bridgehead atoms. The summed E-state index contributed by atoms with van der Waals surface area (Å²) in [6.45, 7) is 1.24. The first-order valence-electron chi connectivity index (χ1n) is 10.4. The molecular formula is C21H24N6O4. The highest BCUT2D eigenvalue weighted by molar-refractivity contribution is 5.95. The number of likely N-dealkylation sites (tertiary alicyclic amines) is 1. The number of ether oxygens (including phenoxy) is 2. The Balaban J connectivity index is 1.30. The fourth-order valence-corrected chi connectivity index (χ4v) is 3.91. The van der Waals surface area contributed by atoms with Crippen molar-refractivity contribution in [1.29, 1.82) is 0 Å². The topological polar surface area (TPSA) is 108 Å². The van der Waals surface area contributed by atoms with Crippen LogP contribution in [0.1, 0.15) is 53.8 Å². The van der Waals surface area contributed by atoms with E-state index in [1.807, 2.05) is 11.1 Å². The highest BCUT2D eigenvalue weighted by Gasteiger charge is 2.30. The average molecular weight is 424 g/mol. The fraction of sp³-hybridized carbons (Fsp3) is 0.476. The summed E-state index contributed by atoms with van der Waals surface area (Å²) in [7, 11) is 3.13. The van der Waals surface area contributed by atoms with Gasteiger partial charge in [0.15, 0.2) is 23.0 Å². The first-order chi connectivity index (χ1) is 15.2. The van der Waals surface area contributed by atoms with E-state index in [1.165, 1.54) is 0 Å². The Bertz CT molecular complexity index is 1090. The summed E-state index contributed by atoms with van der Waals surface area (Å²) < 4.78 is 17.7. The van der Waals surface area contributed by atoms with E-state index in [1.54, 1.807) is 37.1 Å². The molecule has 10 nitrogen and oxygen atoms in total. The van der Waals surface area contributed by atoms with Crippen LogP contribution >= 0.6 is 0 Å². The lowest BCUT2D eigenvalue weighted by molar-refractivity contribution is 0.0671. The lowest BCUT2D eigenvalue weighted by Crippen LogP contribution is -2.40. The highest BCUT2D eigenvalue weighted by atomic mass is 16.5. The first kappa shape index (κ1) is 19.5. The third-order valence-corrected chi connectivity index (χ3v) is 5.80. The van der Waals surface area contributed by atoms with Crippen LogP contribution in [0.3, 0.4) is 0 Å². The number of carbonyl (C=O) groups is 1. The molecule has 2 fully saturated rings. The van der Waals surface area contributed by atoms with E-state index in [2.05, 4.69) is 20.5 Å². The summed E-state index contributed by atoms with van der Waals surface area (Å²) in [5.74, 6) is 2.64. The van der Waals surface area contributed by atoms with Crippen molar-refractivity contribution in [3.8, 4) is 23.1 Å². The molecule has 1 amide bonds. The van der Waals surface area contributed by atoms with Crippen LogP contribution < -0.4 is 9.47 Å². The van der Waals surface area contributed by atoms with Crippen molar-refractivity contribution in [1.82, 2.24) is 30.0 Å². The van der Waals surface area contributed by atoms with Crippen molar-refractivity contribution in [3.63, 3.8) is 0 Å². The van der Waals surface area contributed by atoms with Gasteiger partial charge in [-0.1, -0.05) is 10.4 Å². The molecule has 2 aliphatic rings. The third-order valence-electron chi connectivity index (χ3n) is 5.80. The molecule has 2 aromatic heterocycles. The second-order valence-electron chi connectivity index (χ2n) is 7.93. The predicted octanol–water partition coefficient (Wildman–Crippen LogP) is 2.70. The molecule has 0 spiro atoms. The molecule has 1 saturated heterocycles. The van der Waals surface area contributed by atoms with Gasteiger partial charge >= 0.3 is 0 Å². The lowest BCUT2D eigenvalue weighted by Gasteiger charge is -2.32. The largest absolute Gasteiger partial charge is 0.493 e. The predicted molar refractivity (Wildman–Crippen MR) is 109 cm³/mol. The summed E-state index contributed by atoms with van der Waals surface area (Å²) in [6.07, 6.45) is 5.83. The zero-order valence-electron chi connectivity index (χ0n) is 17.5. The summed E-state index contributed by atoms with van der Waals surface area (Å²) >= 11 is 0. The second-order valence-corrected chi connectivity index (χ2v) is 7.93. The van der Waals surface area contributed by atoms with E-state index in [-0.39, 0.29) is 11.9 Å². The monoisotopic (exact) mass is 424 g/mol. The van der Waals surface area contributed by atoms with Crippen LogP contribution in [-0.4, -0.2) is 63.3 Å². The molecule has 1 unspecified atom stereocenters. The minimum absolute atomic E-state index is 0.0323. The Kier molecular flexibility index (Phi) is 5.05. The van der Waals surface area contributed by atoms with Gasteiger partial charge in [-0.05, 0) is 43.9 Å². The van der Waals surface area contributed by atoms with E-state index < -0.39 is 0 Å². The van der Waals surface area contributed by atoms with Crippen LogP contribution in [0.25, 0.3) is 11.6 Å². The number of hydrogen-bond donors (Lipinski definition) is 0. The lowest BCUT2D eigenvalue weighted by atomic mass is 10.0. The molecule has 162 valence electrons. The van der Waals surface area contributed by atoms with Gasteiger partial charge in [0, 0.05) is 24.6 Å². The van der Waals surface area contributed by atoms with Crippen LogP contribution in [0.15, 0.2) is 28.9 Å². The standard InChI is InChI=1S/C21H24N6O4/c1-29-17-8-7-14(10-18(17)30-2)21(28)26-9-3-4-15(11-26)27-12-16(23-25-27)20-22-19(24-31-20)13-5-6-13/h7-8,10,12-13,15H,3-6,9,11H2,1-2H3. The molecule has 3 aromatic rings. The van der Waals surface area contributed by atoms with Gasteiger partial charge in [0.2, 0.25) is 0 Å². The maximum atomic E-state index is 13.1. The first-order valence-corrected chi connectivity index (χ1v) is 10.4. The molecular weight excluding hydrogens is 400 g/mol. The molecule has 1 atom stereocenters.